The van der Waals surface area contributed by atoms with Crippen molar-refractivity contribution in [3.63, 3.8) is 0 Å². The zero-order valence-electron chi connectivity index (χ0n) is 9.78. The Morgan fingerprint density at radius 2 is 1.89 bits per heavy atom. The number of carbonyl (C=O) groups excluding carboxylic acids is 1. The summed E-state index contributed by atoms with van der Waals surface area (Å²) in [6.07, 6.45) is 1.36. The van der Waals surface area contributed by atoms with Crippen molar-refractivity contribution in [2.75, 3.05) is 7.11 Å². The van der Waals surface area contributed by atoms with E-state index in [4.69, 9.17) is 4.74 Å². The molecule has 0 aliphatic rings. The number of nitrogens with zero attached hydrogens (tertiary/aromatic N) is 2. The van der Waals surface area contributed by atoms with E-state index in [1.165, 1.54) is 18.0 Å². The van der Waals surface area contributed by atoms with Gasteiger partial charge in [0, 0.05) is 18.7 Å². The van der Waals surface area contributed by atoms with Gasteiger partial charge < -0.3 is 4.74 Å². The summed E-state index contributed by atoms with van der Waals surface area (Å²) >= 11 is 0. The molecule has 0 fully saturated rings. The van der Waals surface area contributed by atoms with Crippen molar-refractivity contribution in [3.05, 3.63) is 47.3 Å². The van der Waals surface area contributed by atoms with Crippen LogP contribution >= 0.6 is 0 Å². The summed E-state index contributed by atoms with van der Waals surface area (Å²) in [5, 5.41) is 3.86. The third-order valence-corrected chi connectivity index (χ3v) is 2.46. The van der Waals surface area contributed by atoms with Gasteiger partial charge in [-0.05, 0) is 12.1 Å². The smallest absolute Gasteiger partial charge is 0.215 e. The van der Waals surface area contributed by atoms with Gasteiger partial charge in [0.2, 0.25) is 5.78 Å². The number of ether oxygens (including phenoxy) is 1. The van der Waals surface area contributed by atoms with Crippen molar-refractivity contribution < 1.29 is 18.3 Å². The molecule has 0 atom stereocenters. The van der Waals surface area contributed by atoms with Crippen molar-refractivity contribution >= 4 is 5.78 Å². The van der Waals surface area contributed by atoms with Crippen LogP contribution in [0.4, 0.5) is 8.78 Å². The SMILES string of the molecule is COc1cnn(C)c1C(=O)c1cc(F)cc(F)c1. The van der Waals surface area contributed by atoms with Crippen LogP contribution in [0.25, 0.3) is 0 Å². The van der Waals surface area contributed by atoms with Crippen LogP contribution in [-0.4, -0.2) is 22.7 Å². The highest BCUT2D eigenvalue weighted by Crippen LogP contribution is 2.21. The third kappa shape index (κ3) is 2.09. The summed E-state index contributed by atoms with van der Waals surface area (Å²) in [7, 11) is 2.94. The molecule has 6 heteroatoms. The number of carbonyl (C=O) groups is 1. The Bertz CT molecular complexity index is 588. The molecule has 0 saturated heterocycles. The van der Waals surface area contributed by atoms with Gasteiger partial charge in [-0.3, -0.25) is 9.48 Å². The highest BCUT2D eigenvalue weighted by molar-refractivity contribution is 6.09. The van der Waals surface area contributed by atoms with Gasteiger partial charge >= 0.3 is 0 Å². The largest absolute Gasteiger partial charge is 0.493 e. The van der Waals surface area contributed by atoms with Crippen LogP contribution in [0.5, 0.6) is 5.75 Å². The average molecular weight is 252 g/mol. The topological polar surface area (TPSA) is 44.1 Å². The Kier molecular flexibility index (Phi) is 3.10. The lowest BCUT2D eigenvalue weighted by Gasteiger charge is -2.05. The van der Waals surface area contributed by atoms with Crippen molar-refractivity contribution in [3.8, 4) is 5.75 Å². The number of halogens is 2. The predicted octanol–water partition coefficient (Wildman–Crippen LogP) is 1.94. The highest BCUT2D eigenvalue weighted by atomic mass is 19.1. The fraction of sp³-hybridized carbons (Fsp3) is 0.167. The quantitative estimate of drug-likeness (QED) is 0.784. The number of ketones is 1. The van der Waals surface area contributed by atoms with Crippen LogP contribution in [-0.2, 0) is 7.05 Å². The van der Waals surface area contributed by atoms with Crippen LogP contribution in [0.2, 0.25) is 0 Å². The molecule has 4 nitrogen and oxygen atoms in total. The molecule has 0 aliphatic carbocycles. The first-order valence-electron chi connectivity index (χ1n) is 5.09. The van der Waals surface area contributed by atoms with Gasteiger partial charge in [0.05, 0.1) is 13.3 Å². The van der Waals surface area contributed by atoms with Gasteiger partial charge in [0.1, 0.15) is 11.6 Å². The molecular formula is C12H10F2N2O2. The maximum absolute atomic E-state index is 13.1. The molecule has 2 aromatic rings. The summed E-state index contributed by atoms with van der Waals surface area (Å²) < 4.78 is 32.4. The average Bonchev–Trinajstić information content (AvgIpc) is 2.68. The number of rotatable bonds is 3. The van der Waals surface area contributed by atoms with E-state index in [0.717, 1.165) is 12.1 Å². The van der Waals surface area contributed by atoms with Crippen LogP contribution < -0.4 is 4.74 Å². The summed E-state index contributed by atoms with van der Waals surface area (Å²) in [6, 6.07) is 2.65. The monoisotopic (exact) mass is 252 g/mol. The predicted molar refractivity (Wildman–Crippen MR) is 59.6 cm³/mol. The number of aryl methyl sites for hydroxylation is 1. The van der Waals surface area contributed by atoms with Crippen LogP contribution in [0.15, 0.2) is 24.4 Å². The molecule has 1 aromatic carbocycles. The number of hydrogen-bond acceptors (Lipinski definition) is 3. The third-order valence-electron chi connectivity index (χ3n) is 2.46. The maximum Gasteiger partial charge on any atom is 0.215 e. The lowest BCUT2D eigenvalue weighted by Crippen LogP contribution is -2.10. The van der Waals surface area contributed by atoms with E-state index >= 15 is 0 Å². The van der Waals surface area contributed by atoms with E-state index in [-0.39, 0.29) is 17.0 Å². The maximum atomic E-state index is 13.1. The molecule has 1 heterocycles. The van der Waals surface area contributed by atoms with E-state index in [1.54, 1.807) is 7.05 Å². The molecule has 18 heavy (non-hydrogen) atoms. The van der Waals surface area contributed by atoms with Crippen molar-refractivity contribution in [2.24, 2.45) is 7.05 Å². The second-order valence-corrected chi connectivity index (χ2v) is 3.67. The standard InChI is InChI=1S/C12H10F2N2O2/c1-16-11(10(18-2)6-15-16)12(17)7-3-8(13)5-9(14)4-7/h3-6H,1-2H3. The summed E-state index contributed by atoms with van der Waals surface area (Å²) in [6.45, 7) is 0. The lowest BCUT2D eigenvalue weighted by atomic mass is 10.1. The fourth-order valence-corrected chi connectivity index (χ4v) is 1.65. The van der Waals surface area contributed by atoms with Gasteiger partial charge in [-0.25, -0.2) is 8.78 Å². The van der Waals surface area contributed by atoms with E-state index in [2.05, 4.69) is 5.10 Å². The fourth-order valence-electron chi connectivity index (χ4n) is 1.65. The molecule has 94 valence electrons. The summed E-state index contributed by atoms with van der Waals surface area (Å²) in [5.74, 6) is -1.91. The van der Waals surface area contributed by atoms with Gasteiger partial charge in [-0.2, -0.15) is 5.10 Å². The van der Waals surface area contributed by atoms with E-state index in [0.29, 0.717) is 6.07 Å². The molecule has 0 aliphatic heterocycles. The summed E-state index contributed by atoms with van der Waals surface area (Å²) in [5.41, 5.74) is 0.0527. The Morgan fingerprint density at radius 3 is 2.44 bits per heavy atom. The molecule has 0 amide bonds. The Balaban J connectivity index is 2.50. The van der Waals surface area contributed by atoms with Gasteiger partial charge in [0.15, 0.2) is 11.4 Å². The minimum absolute atomic E-state index is 0.0885. The van der Waals surface area contributed by atoms with Crippen molar-refractivity contribution in [1.29, 1.82) is 0 Å². The first-order valence-corrected chi connectivity index (χ1v) is 5.09. The normalized spacial score (nSPS) is 10.4. The zero-order chi connectivity index (χ0) is 13.3. The van der Waals surface area contributed by atoms with Crippen LogP contribution in [0, 0.1) is 11.6 Å². The molecule has 0 unspecified atom stereocenters. The molecule has 2 rings (SSSR count). The van der Waals surface area contributed by atoms with E-state index < -0.39 is 17.4 Å². The van der Waals surface area contributed by atoms with E-state index in [1.807, 2.05) is 0 Å². The first kappa shape index (κ1) is 12.2. The zero-order valence-corrected chi connectivity index (χ0v) is 9.78. The molecule has 0 spiro atoms. The van der Waals surface area contributed by atoms with Gasteiger partial charge in [-0.1, -0.05) is 0 Å². The number of methoxy groups -OCH3 is 1. The summed E-state index contributed by atoms with van der Waals surface area (Å²) in [4.78, 5) is 12.1. The minimum Gasteiger partial charge on any atom is -0.493 e. The van der Waals surface area contributed by atoms with Gasteiger partial charge in [-0.15, -0.1) is 0 Å². The number of aromatic nitrogens is 2. The molecule has 0 radical (unpaired) electrons. The van der Waals surface area contributed by atoms with Crippen molar-refractivity contribution in [2.45, 2.75) is 0 Å². The highest BCUT2D eigenvalue weighted by Gasteiger charge is 2.20. The number of benzene rings is 1. The lowest BCUT2D eigenvalue weighted by molar-refractivity contribution is 0.102. The van der Waals surface area contributed by atoms with Crippen LogP contribution in [0.3, 0.4) is 0 Å². The second kappa shape index (κ2) is 4.56. The van der Waals surface area contributed by atoms with Crippen molar-refractivity contribution in [1.82, 2.24) is 9.78 Å². The first-order chi connectivity index (χ1) is 8.52. The Hall–Kier alpha value is -2.24. The molecule has 1 aromatic heterocycles. The minimum atomic E-state index is -0.806. The Morgan fingerprint density at radius 1 is 1.28 bits per heavy atom. The molecule has 0 N–H and O–H groups in total. The molecule has 0 saturated carbocycles. The molecule has 0 bridgehead atoms. The van der Waals surface area contributed by atoms with Crippen LogP contribution in [0.1, 0.15) is 16.1 Å². The number of hydrogen-bond donors (Lipinski definition) is 0. The molecular weight excluding hydrogens is 242 g/mol. The van der Waals surface area contributed by atoms with E-state index in [9.17, 15) is 13.6 Å². The van der Waals surface area contributed by atoms with Gasteiger partial charge in [0.25, 0.3) is 0 Å². The second-order valence-electron chi connectivity index (χ2n) is 3.67. The Labute approximate surface area is 102 Å².